The maximum Gasteiger partial charge on any atom is 0.405 e. The highest BCUT2D eigenvalue weighted by Gasteiger charge is 2.54. The third-order valence-electron chi connectivity index (χ3n) is 5.02. The third kappa shape index (κ3) is 4.36. The number of carbonyl (C=O) groups is 3. The first-order chi connectivity index (χ1) is 11.6. The second kappa shape index (κ2) is 7.11. The Labute approximate surface area is 143 Å². The Morgan fingerprint density at radius 1 is 1.24 bits per heavy atom. The molecule has 2 fully saturated rings. The Morgan fingerprint density at radius 3 is 2.24 bits per heavy atom. The average Bonchev–Trinajstić information content (AvgIpc) is 2.89. The van der Waals surface area contributed by atoms with E-state index in [9.17, 15) is 28.3 Å². The predicted octanol–water partition coefficient (Wildman–Crippen LogP) is 0.128. The van der Waals surface area contributed by atoms with Crippen LogP contribution in [0.25, 0.3) is 0 Å². The molecule has 0 radical (unpaired) electrons. The van der Waals surface area contributed by atoms with E-state index in [-0.39, 0.29) is 32.1 Å². The first kappa shape index (κ1) is 19.4. The fourth-order valence-corrected chi connectivity index (χ4v) is 3.67. The summed E-state index contributed by atoms with van der Waals surface area (Å²) < 4.78 is 28.0. The lowest BCUT2D eigenvalue weighted by atomic mass is 9.70. The standard InChI is InChI=1S/C15H23F2N3O5/c16-8-5-15(6-8,10(21)11(18)22)20-12(23)9(19-13(24)25)7-14(17)3-1-2-4-14/h8-10,19,21H,1-7H2,(H2,18,22)(H,20,23)(H,24,25)/t8-,9-,10+,15-/m0/s1. The fraction of sp³-hybridized carbons (Fsp3) is 0.800. The van der Waals surface area contributed by atoms with Crippen molar-refractivity contribution in [2.45, 2.75) is 74.5 Å². The second-order valence-electron chi connectivity index (χ2n) is 7.02. The Kier molecular flexibility index (Phi) is 5.50. The number of rotatable bonds is 7. The van der Waals surface area contributed by atoms with E-state index in [0.29, 0.717) is 12.8 Å². The quantitative estimate of drug-likeness (QED) is 0.437. The van der Waals surface area contributed by atoms with Crippen molar-refractivity contribution in [3.05, 3.63) is 0 Å². The van der Waals surface area contributed by atoms with Crippen LogP contribution in [0.1, 0.15) is 44.9 Å². The largest absolute Gasteiger partial charge is 0.465 e. The van der Waals surface area contributed by atoms with Gasteiger partial charge < -0.3 is 26.6 Å². The summed E-state index contributed by atoms with van der Waals surface area (Å²) in [5.41, 5.74) is 1.77. The predicted molar refractivity (Wildman–Crippen MR) is 82.1 cm³/mol. The topological polar surface area (TPSA) is 142 Å². The molecule has 2 saturated carbocycles. The zero-order valence-electron chi connectivity index (χ0n) is 13.6. The van der Waals surface area contributed by atoms with Crippen LogP contribution in [0.15, 0.2) is 0 Å². The van der Waals surface area contributed by atoms with Crippen LogP contribution < -0.4 is 16.4 Å². The van der Waals surface area contributed by atoms with Gasteiger partial charge in [0.15, 0.2) is 6.10 Å². The molecular formula is C15H23F2N3O5. The summed E-state index contributed by atoms with van der Waals surface area (Å²) in [4.78, 5) is 34.6. The van der Waals surface area contributed by atoms with Crippen LogP contribution in [0.4, 0.5) is 13.6 Å². The summed E-state index contributed by atoms with van der Waals surface area (Å²) in [6, 6.07) is -1.42. The van der Waals surface area contributed by atoms with Crippen LogP contribution >= 0.6 is 0 Å². The van der Waals surface area contributed by atoms with Crippen LogP contribution in [0.5, 0.6) is 0 Å². The molecule has 10 heteroatoms. The van der Waals surface area contributed by atoms with Gasteiger partial charge in [-0.1, -0.05) is 12.8 Å². The van der Waals surface area contributed by atoms with Crippen molar-refractivity contribution in [2.75, 3.05) is 0 Å². The van der Waals surface area contributed by atoms with E-state index in [1.165, 1.54) is 0 Å². The molecule has 2 atom stereocenters. The molecule has 25 heavy (non-hydrogen) atoms. The van der Waals surface area contributed by atoms with Gasteiger partial charge in [0.1, 0.15) is 17.9 Å². The monoisotopic (exact) mass is 363 g/mol. The first-order valence-corrected chi connectivity index (χ1v) is 8.19. The van der Waals surface area contributed by atoms with Crippen LogP contribution in [0, 0.1) is 0 Å². The number of primary amides is 1. The summed E-state index contributed by atoms with van der Waals surface area (Å²) in [6.45, 7) is 0. The maximum atomic E-state index is 14.7. The first-order valence-electron chi connectivity index (χ1n) is 8.19. The summed E-state index contributed by atoms with van der Waals surface area (Å²) in [6.07, 6.45) is -3.96. The van der Waals surface area contributed by atoms with Gasteiger partial charge >= 0.3 is 6.09 Å². The van der Waals surface area contributed by atoms with Crippen molar-refractivity contribution in [3.63, 3.8) is 0 Å². The number of amides is 3. The van der Waals surface area contributed by atoms with Gasteiger partial charge in [0, 0.05) is 19.3 Å². The molecule has 0 saturated heterocycles. The highest BCUT2D eigenvalue weighted by Crippen LogP contribution is 2.39. The summed E-state index contributed by atoms with van der Waals surface area (Å²) in [5.74, 6) is -2.05. The van der Waals surface area contributed by atoms with E-state index in [4.69, 9.17) is 10.8 Å². The number of nitrogens with two attached hydrogens (primary N) is 1. The molecule has 2 aliphatic rings. The minimum absolute atomic E-state index is 0.222. The van der Waals surface area contributed by atoms with Gasteiger partial charge in [-0.15, -0.1) is 0 Å². The molecule has 2 aliphatic carbocycles. The molecule has 0 aliphatic heterocycles. The highest BCUT2D eigenvalue weighted by atomic mass is 19.1. The van der Waals surface area contributed by atoms with Crippen LogP contribution in [-0.2, 0) is 9.59 Å². The summed E-state index contributed by atoms with van der Waals surface area (Å²) in [5, 5.41) is 23.1. The molecule has 0 aromatic carbocycles. The van der Waals surface area contributed by atoms with Gasteiger partial charge in [-0.05, 0) is 12.8 Å². The van der Waals surface area contributed by atoms with Crippen LogP contribution in [-0.4, -0.2) is 57.6 Å². The molecule has 0 aromatic heterocycles. The molecule has 6 N–H and O–H groups in total. The van der Waals surface area contributed by atoms with Crippen molar-refractivity contribution in [3.8, 4) is 0 Å². The number of hydrogen-bond acceptors (Lipinski definition) is 4. The molecule has 0 heterocycles. The number of alkyl halides is 2. The normalized spacial score (nSPS) is 30.0. The average molecular weight is 363 g/mol. The van der Waals surface area contributed by atoms with Gasteiger partial charge in [0.25, 0.3) is 0 Å². The number of halogens is 2. The Morgan fingerprint density at radius 2 is 1.80 bits per heavy atom. The zero-order valence-corrected chi connectivity index (χ0v) is 13.6. The number of hydrogen-bond donors (Lipinski definition) is 5. The van der Waals surface area contributed by atoms with Crippen molar-refractivity contribution in [2.24, 2.45) is 5.73 Å². The van der Waals surface area contributed by atoms with Gasteiger partial charge in [-0.3, -0.25) is 9.59 Å². The zero-order chi connectivity index (χ0) is 18.8. The fourth-order valence-electron chi connectivity index (χ4n) is 3.67. The Bertz CT molecular complexity index is 547. The lowest BCUT2D eigenvalue weighted by Crippen LogP contribution is -2.70. The molecular weight excluding hydrogens is 340 g/mol. The molecule has 2 rings (SSSR count). The van der Waals surface area contributed by atoms with Crippen molar-refractivity contribution in [1.29, 1.82) is 0 Å². The molecule has 8 nitrogen and oxygen atoms in total. The molecule has 142 valence electrons. The number of aliphatic hydroxyl groups excluding tert-OH is 1. The van der Waals surface area contributed by atoms with Gasteiger partial charge in [0.2, 0.25) is 11.8 Å². The van der Waals surface area contributed by atoms with Crippen molar-refractivity contribution in [1.82, 2.24) is 10.6 Å². The lowest BCUT2D eigenvalue weighted by Gasteiger charge is -2.47. The van der Waals surface area contributed by atoms with Crippen molar-refractivity contribution >= 4 is 17.9 Å². The van der Waals surface area contributed by atoms with E-state index in [1.807, 2.05) is 5.32 Å². The minimum atomic E-state index is -1.82. The summed E-state index contributed by atoms with van der Waals surface area (Å²) in [7, 11) is 0. The lowest BCUT2D eigenvalue weighted by molar-refractivity contribution is -0.142. The van der Waals surface area contributed by atoms with E-state index in [2.05, 4.69) is 5.32 Å². The molecule has 0 bridgehead atoms. The van der Waals surface area contributed by atoms with E-state index in [0.717, 1.165) is 0 Å². The van der Waals surface area contributed by atoms with Gasteiger partial charge in [0.05, 0.1) is 5.54 Å². The van der Waals surface area contributed by atoms with E-state index in [1.54, 1.807) is 0 Å². The van der Waals surface area contributed by atoms with Crippen LogP contribution in [0.2, 0.25) is 0 Å². The molecule has 0 aromatic rings. The van der Waals surface area contributed by atoms with E-state index >= 15 is 0 Å². The number of carboxylic acid groups (broad SMARTS) is 1. The second-order valence-corrected chi connectivity index (χ2v) is 7.02. The van der Waals surface area contributed by atoms with Crippen LogP contribution in [0.3, 0.4) is 0 Å². The maximum absolute atomic E-state index is 14.7. The molecule has 0 spiro atoms. The highest BCUT2D eigenvalue weighted by molar-refractivity contribution is 5.88. The van der Waals surface area contributed by atoms with Gasteiger partial charge in [-0.25, -0.2) is 13.6 Å². The molecule has 3 amide bonds. The Balaban J connectivity index is 2.12. The van der Waals surface area contributed by atoms with Crippen molar-refractivity contribution < 1.29 is 33.4 Å². The number of carbonyl (C=O) groups excluding carboxylic acids is 2. The number of nitrogens with one attached hydrogen (secondary N) is 2. The Hall–Kier alpha value is -1.97. The number of aliphatic hydroxyl groups is 1. The van der Waals surface area contributed by atoms with Gasteiger partial charge in [-0.2, -0.15) is 0 Å². The third-order valence-corrected chi connectivity index (χ3v) is 5.02. The molecule has 0 unspecified atom stereocenters. The summed E-state index contributed by atoms with van der Waals surface area (Å²) >= 11 is 0. The van der Waals surface area contributed by atoms with E-state index < -0.39 is 47.4 Å². The minimum Gasteiger partial charge on any atom is -0.465 e. The smallest absolute Gasteiger partial charge is 0.405 e. The SMILES string of the molecule is NC(=O)[C@@H](O)[C@]1(NC(=O)[C@H](CC2(F)CCCC2)NC(=O)O)C[C@H](F)C1.